The fourth-order valence-corrected chi connectivity index (χ4v) is 3.22. The summed E-state index contributed by atoms with van der Waals surface area (Å²) in [5, 5.41) is 0. The molecule has 2 N–H and O–H groups in total. The lowest BCUT2D eigenvalue weighted by molar-refractivity contribution is -0.131. The Bertz CT molecular complexity index is 481. The normalized spacial score (nSPS) is 22.6. The van der Waals surface area contributed by atoms with Crippen LogP contribution in [0, 0.1) is 6.92 Å². The zero-order valence-electron chi connectivity index (χ0n) is 12.2. The third-order valence-corrected chi connectivity index (χ3v) is 4.83. The number of benzene rings is 1. The fraction of sp³-hybridized carbons (Fsp3) is 0.562. The Hall–Kier alpha value is -0.870. The van der Waals surface area contributed by atoms with E-state index in [-0.39, 0.29) is 5.91 Å². The van der Waals surface area contributed by atoms with Crippen LogP contribution in [0.5, 0.6) is 0 Å². The summed E-state index contributed by atoms with van der Waals surface area (Å²) in [5.41, 5.74) is 8.19. The summed E-state index contributed by atoms with van der Waals surface area (Å²) in [7, 11) is 1.93. The molecule has 0 aromatic heterocycles. The van der Waals surface area contributed by atoms with Gasteiger partial charge in [-0.05, 0) is 55.9 Å². The number of hydrogen-bond donors (Lipinski definition) is 1. The molecule has 110 valence electrons. The van der Waals surface area contributed by atoms with Crippen molar-refractivity contribution in [2.45, 2.75) is 51.1 Å². The smallest absolute Gasteiger partial charge is 0.226 e. The van der Waals surface area contributed by atoms with Gasteiger partial charge in [-0.15, -0.1) is 0 Å². The highest BCUT2D eigenvalue weighted by Gasteiger charge is 2.25. The summed E-state index contributed by atoms with van der Waals surface area (Å²) in [6.45, 7) is 2.05. The van der Waals surface area contributed by atoms with Crippen LogP contribution in [0.1, 0.15) is 36.8 Å². The van der Waals surface area contributed by atoms with Crippen LogP contribution in [0.4, 0.5) is 0 Å². The predicted molar refractivity (Wildman–Crippen MR) is 85.6 cm³/mol. The van der Waals surface area contributed by atoms with Crippen LogP contribution >= 0.6 is 15.9 Å². The van der Waals surface area contributed by atoms with Crippen molar-refractivity contribution in [3.8, 4) is 0 Å². The third-order valence-electron chi connectivity index (χ3n) is 4.34. The number of amides is 1. The molecule has 1 aromatic rings. The molecule has 0 aliphatic heterocycles. The van der Waals surface area contributed by atoms with Gasteiger partial charge in [0.15, 0.2) is 0 Å². The van der Waals surface area contributed by atoms with E-state index in [0.29, 0.717) is 18.5 Å². The second-order valence-electron chi connectivity index (χ2n) is 5.82. The van der Waals surface area contributed by atoms with E-state index < -0.39 is 0 Å². The van der Waals surface area contributed by atoms with Crippen LogP contribution in [0.3, 0.4) is 0 Å². The number of nitrogens with zero attached hydrogens (tertiary/aromatic N) is 1. The van der Waals surface area contributed by atoms with Crippen molar-refractivity contribution in [3.63, 3.8) is 0 Å². The minimum Gasteiger partial charge on any atom is -0.342 e. The van der Waals surface area contributed by atoms with Gasteiger partial charge in [-0.1, -0.05) is 22.0 Å². The van der Waals surface area contributed by atoms with Crippen molar-refractivity contribution in [1.82, 2.24) is 4.90 Å². The third kappa shape index (κ3) is 3.83. The topological polar surface area (TPSA) is 46.3 Å². The van der Waals surface area contributed by atoms with Gasteiger partial charge in [0.25, 0.3) is 0 Å². The number of halogens is 1. The minimum absolute atomic E-state index is 0.201. The monoisotopic (exact) mass is 338 g/mol. The maximum Gasteiger partial charge on any atom is 0.226 e. The van der Waals surface area contributed by atoms with Gasteiger partial charge in [0, 0.05) is 23.6 Å². The van der Waals surface area contributed by atoms with E-state index in [1.165, 1.54) is 5.56 Å². The van der Waals surface area contributed by atoms with Crippen LogP contribution in [-0.4, -0.2) is 29.9 Å². The molecule has 1 aromatic carbocycles. The highest BCUT2D eigenvalue weighted by Crippen LogP contribution is 2.23. The SMILES string of the molecule is Cc1ccc(Br)cc1CC(=O)N(C)C1CCC(N)CC1. The molecule has 1 aliphatic rings. The highest BCUT2D eigenvalue weighted by atomic mass is 79.9. The highest BCUT2D eigenvalue weighted by molar-refractivity contribution is 9.10. The maximum atomic E-state index is 12.4. The molecule has 1 fully saturated rings. The van der Waals surface area contributed by atoms with E-state index in [9.17, 15) is 4.79 Å². The van der Waals surface area contributed by atoms with Gasteiger partial charge in [-0.25, -0.2) is 0 Å². The molecular weight excluding hydrogens is 316 g/mol. The zero-order chi connectivity index (χ0) is 14.7. The average molecular weight is 339 g/mol. The second kappa shape index (κ2) is 6.72. The Labute approximate surface area is 129 Å². The van der Waals surface area contributed by atoms with E-state index in [4.69, 9.17) is 5.73 Å². The van der Waals surface area contributed by atoms with E-state index in [1.807, 2.05) is 30.1 Å². The van der Waals surface area contributed by atoms with Crippen molar-refractivity contribution in [2.24, 2.45) is 5.73 Å². The van der Waals surface area contributed by atoms with Crippen molar-refractivity contribution >= 4 is 21.8 Å². The van der Waals surface area contributed by atoms with E-state index in [1.54, 1.807) is 0 Å². The summed E-state index contributed by atoms with van der Waals surface area (Å²) in [6, 6.07) is 6.77. The largest absolute Gasteiger partial charge is 0.342 e. The van der Waals surface area contributed by atoms with Gasteiger partial charge < -0.3 is 10.6 Å². The lowest BCUT2D eigenvalue weighted by Gasteiger charge is -2.33. The van der Waals surface area contributed by atoms with E-state index >= 15 is 0 Å². The van der Waals surface area contributed by atoms with Gasteiger partial charge in [0.05, 0.1) is 6.42 Å². The van der Waals surface area contributed by atoms with Crippen LogP contribution in [0.15, 0.2) is 22.7 Å². The van der Waals surface area contributed by atoms with Crippen LogP contribution in [-0.2, 0) is 11.2 Å². The van der Waals surface area contributed by atoms with Gasteiger partial charge >= 0.3 is 0 Å². The van der Waals surface area contributed by atoms with Gasteiger partial charge in [-0.2, -0.15) is 0 Å². The van der Waals surface area contributed by atoms with Gasteiger partial charge in [0.1, 0.15) is 0 Å². The fourth-order valence-electron chi connectivity index (χ4n) is 2.81. The van der Waals surface area contributed by atoms with E-state index in [0.717, 1.165) is 35.7 Å². The summed E-state index contributed by atoms with van der Waals surface area (Å²) in [4.78, 5) is 14.4. The molecule has 0 saturated heterocycles. The summed E-state index contributed by atoms with van der Waals surface area (Å²) < 4.78 is 1.03. The Morgan fingerprint density at radius 2 is 2.00 bits per heavy atom. The second-order valence-corrected chi connectivity index (χ2v) is 6.74. The molecule has 0 spiro atoms. The van der Waals surface area contributed by atoms with E-state index in [2.05, 4.69) is 22.9 Å². The molecule has 0 radical (unpaired) electrons. The summed E-state index contributed by atoms with van der Waals surface area (Å²) >= 11 is 3.47. The lowest BCUT2D eigenvalue weighted by Crippen LogP contribution is -2.42. The lowest BCUT2D eigenvalue weighted by atomic mass is 9.90. The molecule has 3 nitrogen and oxygen atoms in total. The summed E-state index contributed by atoms with van der Waals surface area (Å²) in [5.74, 6) is 0.201. The van der Waals surface area contributed by atoms with Crippen molar-refractivity contribution < 1.29 is 4.79 Å². The summed E-state index contributed by atoms with van der Waals surface area (Å²) in [6.07, 6.45) is 4.59. The number of nitrogens with two attached hydrogens (primary N) is 1. The quantitative estimate of drug-likeness (QED) is 0.920. The first-order valence-corrected chi connectivity index (χ1v) is 8.03. The average Bonchev–Trinajstić information content (AvgIpc) is 2.43. The maximum absolute atomic E-state index is 12.4. The Morgan fingerprint density at radius 3 is 2.65 bits per heavy atom. The van der Waals surface area contributed by atoms with Crippen molar-refractivity contribution in [1.29, 1.82) is 0 Å². The molecule has 1 aliphatic carbocycles. The molecule has 0 atom stereocenters. The Morgan fingerprint density at radius 1 is 1.35 bits per heavy atom. The Kier molecular flexibility index (Phi) is 5.22. The first-order chi connectivity index (χ1) is 9.47. The molecule has 2 rings (SSSR count). The number of carbonyl (C=O) groups is 1. The van der Waals surface area contributed by atoms with Crippen molar-refractivity contribution in [2.75, 3.05) is 7.05 Å². The van der Waals surface area contributed by atoms with Crippen molar-refractivity contribution in [3.05, 3.63) is 33.8 Å². The minimum atomic E-state index is 0.201. The predicted octanol–water partition coefficient (Wildman–Crippen LogP) is 3.03. The molecule has 0 unspecified atom stereocenters. The van der Waals surface area contributed by atoms with Crippen LogP contribution < -0.4 is 5.73 Å². The first kappa shape index (κ1) is 15.5. The Balaban J connectivity index is 1.99. The molecule has 0 heterocycles. The molecule has 1 amide bonds. The zero-order valence-corrected chi connectivity index (χ0v) is 13.8. The van der Waals surface area contributed by atoms with Crippen LogP contribution in [0.25, 0.3) is 0 Å². The number of hydrogen-bond acceptors (Lipinski definition) is 2. The van der Waals surface area contributed by atoms with Crippen LogP contribution in [0.2, 0.25) is 0 Å². The molecule has 4 heteroatoms. The molecule has 1 saturated carbocycles. The molecular formula is C16H23BrN2O. The molecule has 20 heavy (non-hydrogen) atoms. The standard InChI is InChI=1S/C16H23BrN2O/c1-11-3-4-13(17)9-12(11)10-16(20)19(2)15-7-5-14(18)6-8-15/h3-4,9,14-15H,5-8,10,18H2,1-2H3. The van der Waals surface area contributed by atoms with Gasteiger partial charge in [-0.3, -0.25) is 4.79 Å². The number of aryl methyl sites for hydroxylation is 1. The van der Waals surface area contributed by atoms with Gasteiger partial charge in [0.2, 0.25) is 5.91 Å². The number of rotatable bonds is 3. The number of carbonyl (C=O) groups excluding carboxylic acids is 1. The number of likely N-dealkylation sites (N-methyl/N-ethyl adjacent to an activating group) is 1. The first-order valence-electron chi connectivity index (χ1n) is 7.23. The molecule has 0 bridgehead atoms.